The Morgan fingerprint density at radius 1 is 1.25 bits per heavy atom. The highest BCUT2D eigenvalue weighted by Crippen LogP contribution is 2.37. The molecule has 0 heterocycles. The number of benzene rings is 1. The Labute approximate surface area is 132 Å². The van der Waals surface area contributed by atoms with E-state index in [1.807, 2.05) is 0 Å². The van der Waals surface area contributed by atoms with Crippen LogP contribution in [0.4, 0.5) is 0 Å². The molecule has 2 heteroatoms. The Hall–Kier alpha value is -0.340. The van der Waals surface area contributed by atoms with Crippen LogP contribution in [0.2, 0.25) is 0 Å². The van der Waals surface area contributed by atoms with Crippen molar-refractivity contribution in [3.05, 3.63) is 34.3 Å². The fraction of sp³-hybridized carbons (Fsp3) is 0.667. The van der Waals surface area contributed by atoms with E-state index in [0.29, 0.717) is 0 Å². The third kappa shape index (κ3) is 4.60. The summed E-state index contributed by atoms with van der Waals surface area (Å²) in [5.41, 5.74) is 1.49. The molecule has 0 bridgehead atoms. The Kier molecular flexibility index (Phi) is 6.57. The first-order chi connectivity index (χ1) is 9.72. The van der Waals surface area contributed by atoms with Gasteiger partial charge in [0.15, 0.2) is 0 Å². The van der Waals surface area contributed by atoms with E-state index in [-0.39, 0.29) is 0 Å². The monoisotopic (exact) mass is 337 g/mol. The van der Waals surface area contributed by atoms with Crippen molar-refractivity contribution in [1.82, 2.24) is 5.32 Å². The zero-order valence-electron chi connectivity index (χ0n) is 12.9. The van der Waals surface area contributed by atoms with E-state index >= 15 is 0 Å². The first-order valence-electron chi connectivity index (χ1n) is 8.12. The van der Waals surface area contributed by atoms with E-state index in [2.05, 4.69) is 59.5 Å². The average Bonchev–Trinajstić information content (AvgIpc) is 2.42. The third-order valence-electron chi connectivity index (χ3n) is 4.80. The SMILES string of the molecule is CCCC1CCC(CNC)C(Cc2cccc(Br)c2)C1. The van der Waals surface area contributed by atoms with E-state index in [0.717, 1.165) is 17.8 Å². The molecule has 0 radical (unpaired) electrons. The van der Waals surface area contributed by atoms with Crippen molar-refractivity contribution in [2.24, 2.45) is 17.8 Å². The molecule has 3 atom stereocenters. The molecular formula is C18H28BrN. The maximum Gasteiger partial charge on any atom is 0.0177 e. The van der Waals surface area contributed by atoms with Gasteiger partial charge >= 0.3 is 0 Å². The Morgan fingerprint density at radius 3 is 2.80 bits per heavy atom. The van der Waals surface area contributed by atoms with Gasteiger partial charge in [0.2, 0.25) is 0 Å². The fourth-order valence-corrected chi connectivity index (χ4v) is 4.29. The standard InChI is InChI=1S/C18H28BrN/c1-3-5-14-8-9-16(13-20-2)17(10-14)11-15-6-4-7-18(19)12-15/h4,6-7,12,14,16-17,20H,3,5,8-11,13H2,1-2H3. The second-order valence-electron chi connectivity index (χ2n) is 6.38. The number of halogens is 1. The summed E-state index contributed by atoms with van der Waals surface area (Å²) in [6, 6.07) is 8.86. The molecule has 0 aliphatic heterocycles. The highest BCUT2D eigenvalue weighted by atomic mass is 79.9. The minimum absolute atomic E-state index is 0.849. The fourth-order valence-electron chi connectivity index (χ4n) is 3.84. The van der Waals surface area contributed by atoms with Gasteiger partial charge in [0.25, 0.3) is 0 Å². The van der Waals surface area contributed by atoms with Crippen molar-refractivity contribution in [1.29, 1.82) is 0 Å². The summed E-state index contributed by atoms with van der Waals surface area (Å²) >= 11 is 3.60. The van der Waals surface area contributed by atoms with Crippen LogP contribution in [0.3, 0.4) is 0 Å². The van der Waals surface area contributed by atoms with Crippen molar-refractivity contribution in [2.75, 3.05) is 13.6 Å². The summed E-state index contributed by atoms with van der Waals surface area (Å²) in [5.74, 6) is 2.67. The lowest BCUT2D eigenvalue weighted by Crippen LogP contribution is -2.33. The molecule has 0 aromatic heterocycles. The van der Waals surface area contributed by atoms with Crippen LogP contribution in [0, 0.1) is 17.8 Å². The molecule has 1 aliphatic rings. The van der Waals surface area contributed by atoms with E-state index in [1.165, 1.54) is 55.1 Å². The average molecular weight is 338 g/mol. The third-order valence-corrected chi connectivity index (χ3v) is 5.29. The van der Waals surface area contributed by atoms with Gasteiger partial charge in [-0.3, -0.25) is 0 Å². The number of nitrogens with one attached hydrogen (secondary N) is 1. The Morgan fingerprint density at radius 2 is 2.10 bits per heavy atom. The summed E-state index contributed by atoms with van der Waals surface area (Å²) in [4.78, 5) is 0. The van der Waals surface area contributed by atoms with Gasteiger partial charge in [0, 0.05) is 4.47 Å². The van der Waals surface area contributed by atoms with Gasteiger partial charge in [-0.2, -0.15) is 0 Å². The van der Waals surface area contributed by atoms with Gasteiger partial charge in [-0.15, -0.1) is 0 Å². The lowest BCUT2D eigenvalue weighted by atomic mass is 9.70. The van der Waals surface area contributed by atoms with Crippen LogP contribution >= 0.6 is 15.9 Å². The van der Waals surface area contributed by atoms with E-state index < -0.39 is 0 Å². The maximum atomic E-state index is 3.60. The molecule has 20 heavy (non-hydrogen) atoms. The van der Waals surface area contributed by atoms with E-state index in [4.69, 9.17) is 0 Å². The molecule has 1 nitrogen and oxygen atoms in total. The van der Waals surface area contributed by atoms with Crippen molar-refractivity contribution in [3.8, 4) is 0 Å². The van der Waals surface area contributed by atoms with Crippen molar-refractivity contribution < 1.29 is 0 Å². The summed E-state index contributed by atoms with van der Waals surface area (Å²) in [6.07, 6.45) is 8.27. The predicted molar refractivity (Wildman–Crippen MR) is 91.0 cm³/mol. The second kappa shape index (κ2) is 8.19. The van der Waals surface area contributed by atoms with Gasteiger partial charge in [-0.05, 0) is 68.3 Å². The first kappa shape index (κ1) is 16.0. The van der Waals surface area contributed by atoms with Gasteiger partial charge in [0.05, 0.1) is 0 Å². The number of hydrogen-bond donors (Lipinski definition) is 1. The summed E-state index contributed by atoms with van der Waals surface area (Å²) in [7, 11) is 2.09. The summed E-state index contributed by atoms with van der Waals surface area (Å²) < 4.78 is 1.21. The number of rotatable bonds is 6. The van der Waals surface area contributed by atoms with Crippen LogP contribution in [-0.2, 0) is 6.42 Å². The van der Waals surface area contributed by atoms with E-state index in [9.17, 15) is 0 Å². The van der Waals surface area contributed by atoms with Crippen LogP contribution in [0.1, 0.15) is 44.6 Å². The van der Waals surface area contributed by atoms with Crippen LogP contribution in [-0.4, -0.2) is 13.6 Å². The van der Waals surface area contributed by atoms with Crippen LogP contribution < -0.4 is 5.32 Å². The molecule has 1 aromatic rings. The summed E-state index contributed by atoms with van der Waals surface area (Å²) in [6.45, 7) is 3.50. The molecule has 1 saturated carbocycles. The molecule has 1 aliphatic carbocycles. The molecule has 1 aromatic carbocycles. The minimum Gasteiger partial charge on any atom is -0.319 e. The maximum absolute atomic E-state index is 3.60. The smallest absolute Gasteiger partial charge is 0.0177 e. The predicted octanol–water partition coefficient (Wildman–Crippen LogP) is 5.04. The molecule has 0 amide bonds. The topological polar surface area (TPSA) is 12.0 Å². The van der Waals surface area contributed by atoms with Gasteiger partial charge in [-0.1, -0.05) is 54.2 Å². The van der Waals surface area contributed by atoms with Gasteiger partial charge < -0.3 is 5.32 Å². The van der Waals surface area contributed by atoms with Crippen molar-refractivity contribution >= 4 is 15.9 Å². The van der Waals surface area contributed by atoms with Gasteiger partial charge in [0.1, 0.15) is 0 Å². The normalized spacial score (nSPS) is 26.6. The Bertz CT molecular complexity index is 404. The zero-order chi connectivity index (χ0) is 14.4. The van der Waals surface area contributed by atoms with Crippen LogP contribution in [0.25, 0.3) is 0 Å². The van der Waals surface area contributed by atoms with Crippen LogP contribution in [0.5, 0.6) is 0 Å². The largest absolute Gasteiger partial charge is 0.319 e. The van der Waals surface area contributed by atoms with Gasteiger partial charge in [-0.25, -0.2) is 0 Å². The molecule has 112 valence electrons. The highest BCUT2D eigenvalue weighted by Gasteiger charge is 2.29. The molecule has 1 N–H and O–H groups in total. The highest BCUT2D eigenvalue weighted by molar-refractivity contribution is 9.10. The molecule has 0 saturated heterocycles. The molecule has 1 fully saturated rings. The summed E-state index contributed by atoms with van der Waals surface area (Å²) in [5, 5.41) is 3.40. The quantitative estimate of drug-likeness (QED) is 0.766. The lowest BCUT2D eigenvalue weighted by Gasteiger charge is -2.36. The first-order valence-corrected chi connectivity index (χ1v) is 8.91. The lowest BCUT2D eigenvalue weighted by molar-refractivity contribution is 0.169. The van der Waals surface area contributed by atoms with Crippen molar-refractivity contribution in [3.63, 3.8) is 0 Å². The minimum atomic E-state index is 0.849. The van der Waals surface area contributed by atoms with Crippen molar-refractivity contribution in [2.45, 2.75) is 45.4 Å². The Balaban J connectivity index is 2.02. The molecule has 2 rings (SSSR count). The molecule has 0 spiro atoms. The zero-order valence-corrected chi connectivity index (χ0v) is 14.5. The molecule has 3 unspecified atom stereocenters. The molecular weight excluding hydrogens is 310 g/mol. The van der Waals surface area contributed by atoms with Crippen LogP contribution in [0.15, 0.2) is 28.7 Å². The number of hydrogen-bond acceptors (Lipinski definition) is 1. The second-order valence-corrected chi connectivity index (χ2v) is 7.30. The van der Waals surface area contributed by atoms with E-state index in [1.54, 1.807) is 0 Å².